The maximum Gasteiger partial charge on any atom is 0.126 e. The normalized spacial score (nSPS) is 11.0. The molecule has 2 radical (unpaired) electrons. The lowest BCUT2D eigenvalue weighted by Gasteiger charge is -2.21. The zero-order valence-corrected chi connectivity index (χ0v) is 14.5. The molecule has 0 fully saturated rings. The van der Waals surface area contributed by atoms with Gasteiger partial charge in [-0.15, -0.1) is 12.3 Å². The van der Waals surface area contributed by atoms with Gasteiger partial charge < -0.3 is 4.74 Å². The van der Waals surface area contributed by atoms with Gasteiger partial charge in [0, 0.05) is 6.42 Å². The average molecular weight is 306 g/mol. The summed E-state index contributed by atoms with van der Waals surface area (Å²) in [7, 11) is 0.591. The van der Waals surface area contributed by atoms with E-state index in [1.165, 1.54) is 15.9 Å². The topological polar surface area (TPSA) is 9.23 Å². The van der Waals surface area contributed by atoms with Gasteiger partial charge in [-0.3, -0.25) is 0 Å². The van der Waals surface area contributed by atoms with Gasteiger partial charge in [-0.05, 0) is 22.2 Å². The minimum Gasteiger partial charge on any atom is -0.493 e. The maximum absolute atomic E-state index is 5.95. The molecule has 2 aromatic rings. The van der Waals surface area contributed by atoms with Crippen molar-refractivity contribution in [2.75, 3.05) is 6.61 Å². The van der Waals surface area contributed by atoms with Gasteiger partial charge in [0.2, 0.25) is 0 Å². The van der Waals surface area contributed by atoms with Crippen molar-refractivity contribution in [2.45, 2.75) is 32.6 Å². The second-order valence-corrected chi connectivity index (χ2v) is 7.62. The first kappa shape index (κ1) is 16.4. The Morgan fingerprint density at radius 1 is 1.09 bits per heavy atom. The first-order valence-electron chi connectivity index (χ1n) is 7.53. The Balaban J connectivity index is 2.29. The second-order valence-electron chi connectivity index (χ2n) is 6.25. The molecule has 22 heavy (non-hydrogen) atoms. The van der Waals surface area contributed by atoms with Crippen LogP contribution in [0.25, 0.3) is 0 Å². The highest BCUT2D eigenvalue weighted by Crippen LogP contribution is 2.24. The molecule has 0 heterocycles. The zero-order valence-electron chi connectivity index (χ0n) is 13.5. The molecular formula is C20H22OSi. The SMILES string of the molecule is C#CCCOc1cc(C(C)(C)C)ccc1[Si]c1ccccc1. The fourth-order valence-electron chi connectivity index (χ4n) is 2.11. The molecule has 2 rings (SSSR count). The molecule has 0 N–H and O–H groups in total. The Morgan fingerprint density at radius 2 is 1.82 bits per heavy atom. The van der Waals surface area contributed by atoms with Gasteiger partial charge in [0.05, 0.1) is 6.61 Å². The van der Waals surface area contributed by atoms with E-state index in [0.29, 0.717) is 22.5 Å². The molecule has 0 atom stereocenters. The molecule has 0 spiro atoms. The predicted octanol–water partition coefficient (Wildman–Crippen LogP) is 3.04. The molecule has 0 saturated heterocycles. The summed E-state index contributed by atoms with van der Waals surface area (Å²) in [4.78, 5) is 0. The summed E-state index contributed by atoms with van der Waals surface area (Å²) >= 11 is 0. The van der Waals surface area contributed by atoms with E-state index in [4.69, 9.17) is 11.2 Å². The summed E-state index contributed by atoms with van der Waals surface area (Å²) in [5.74, 6) is 3.59. The van der Waals surface area contributed by atoms with Crippen LogP contribution in [0, 0.1) is 12.3 Å². The standard InChI is InChI=1S/C20H22OSi/c1-5-6-14-21-18-15-16(20(2,3)4)12-13-19(18)22-17-10-8-7-9-11-17/h1,7-13,15H,6,14H2,2-4H3. The van der Waals surface area contributed by atoms with Crippen LogP contribution in [-0.4, -0.2) is 16.1 Å². The van der Waals surface area contributed by atoms with E-state index in [2.05, 4.69) is 69.2 Å². The second kappa shape index (κ2) is 7.33. The van der Waals surface area contributed by atoms with Crippen molar-refractivity contribution in [1.82, 2.24) is 0 Å². The summed E-state index contributed by atoms with van der Waals surface area (Å²) in [6.45, 7) is 7.21. The lowest BCUT2D eigenvalue weighted by Crippen LogP contribution is -2.29. The van der Waals surface area contributed by atoms with E-state index in [1.54, 1.807) is 0 Å². The van der Waals surface area contributed by atoms with Crippen LogP contribution >= 0.6 is 0 Å². The van der Waals surface area contributed by atoms with E-state index >= 15 is 0 Å². The van der Waals surface area contributed by atoms with Gasteiger partial charge in [0.1, 0.15) is 15.3 Å². The minimum atomic E-state index is 0.110. The van der Waals surface area contributed by atoms with Crippen molar-refractivity contribution < 1.29 is 4.74 Å². The fourth-order valence-corrected chi connectivity index (χ4v) is 3.21. The molecule has 2 aromatic carbocycles. The van der Waals surface area contributed by atoms with Crippen LogP contribution in [0.15, 0.2) is 48.5 Å². The monoisotopic (exact) mass is 306 g/mol. The third-order valence-electron chi connectivity index (χ3n) is 3.40. The van der Waals surface area contributed by atoms with Crippen molar-refractivity contribution in [3.05, 3.63) is 54.1 Å². The van der Waals surface area contributed by atoms with Crippen LogP contribution < -0.4 is 15.1 Å². The van der Waals surface area contributed by atoms with Gasteiger partial charge in [-0.25, -0.2) is 0 Å². The van der Waals surface area contributed by atoms with Gasteiger partial charge in [0.25, 0.3) is 0 Å². The number of hydrogen-bond acceptors (Lipinski definition) is 1. The summed E-state index contributed by atoms with van der Waals surface area (Å²) < 4.78 is 5.95. The minimum absolute atomic E-state index is 0.110. The first-order chi connectivity index (χ1) is 10.5. The lowest BCUT2D eigenvalue weighted by molar-refractivity contribution is 0.329. The third-order valence-corrected chi connectivity index (χ3v) is 4.71. The number of rotatable bonds is 5. The number of hydrogen-bond donors (Lipinski definition) is 0. The number of ether oxygens (including phenoxy) is 1. The van der Waals surface area contributed by atoms with Crippen molar-refractivity contribution in [2.24, 2.45) is 0 Å². The van der Waals surface area contributed by atoms with E-state index < -0.39 is 0 Å². The van der Waals surface area contributed by atoms with E-state index in [9.17, 15) is 0 Å². The van der Waals surface area contributed by atoms with Crippen LogP contribution in [0.1, 0.15) is 32.8 Å². The first-order valence-corrected chi connectivity index (χ1v) is 8.53. The highest BCUT2D eigenvalue weighted by atomic mass is 28.2. The average Bonchev–Trinajstić information content (AvgIpc) is 2.49. The molecule has 0 unspecified atom stereocenters. The maximum atomic E-state index is 5.95. The molecule has 2 heteroatoms. The van der Waals surface area contributed by atoms with Crippen molar-refractivity contribution >= 4 is 19.9 Å². The van der Waals surface area contributed by atoms with Gasteiger partial charge in [0.15, 0.2) is 0 Å². The molecule has 112 valence electrons. The van der Waals surface area contributed by atoms with Crippen LogP contribution in [0.3, 0.4) is 0 Å². The quantitative estimate of drug-likeness (QED) is 0.469. The lowest BCUT2D eigenvalue weighted by atomic mass is 9.87. The van der Waals surface area contributed by atoms with Crippen LogP contribution in [-0.2, 0) is 5.41 Å². The van der Waals surface area contributed by atoms with E-state index in [1.807, 2.05) is 6.07 Å². The van der Waals surface area contributed by atoms with E-state index in [-0.39, 0.29) is 5.41 Å². The summed E-state index contributed by atoms with van der Waals surface area (Å²) in [6, 6.07) is 17.1. The van der Waals surface area contributed by atoms with Crippen molar-refractivity contribution in [3.63, 3.8) is 0 Å². The van der Waals surface area contributed by atoms with E-state index in [0.717, 1.165) is 5.75 Å². The number of terminal acetylenes is 1. The van der Waals surface area contributed by atoms with Crippen LogP contribution in [0.2, 0.25) is 0 Å². The Hall–Kier alpha value is -1.98. The van der Waals surface area contributed by atoms with Crippen LogP contribution in [0.5, 0.6) is 5.75 Å². The Morgan fingerprint density at radius 3 is 2.45 bits per heavy atom. The largest absolute Gasteiger partial charge is 0.493 e. The van der Waals surface area contributed by atoms with Crippen molar-refractivity contribution in [1.29, 1.82) is 0 Å². The highest BCUT2D eigenvalue weighted by Gasteiger charge is 2.16. The zero-order chi connectivity index (χ0) is 16.0. The van der Waals surface area contributed by atoms with Crippen LogP contribution in [0.4, 0.5) is 0 Å². The summed E-state index contributed by atoms with van der Waals surface area (Å²) in [5, 5.41) is 2.55. The predicted molar refractivity (Wildman–Crippen MR) is 95.6 cm³/mol. The molecule has 0 amide bonds. The smallest absolute Gasteiger partial charge is 0.126 e. The molecular weight excluding hydrogens is 284 g/mol. The Labute approximate surface area is 136 Å². The van der Waals surface area contributed by atoms with Gasteiger partial charge in [-0.2, -0.15) is 0 Å². The molecule has 0 aliphatic carbocycles. The molecule has 0 saturated carbocycles. The molecule has 0 bridgehead atoms. The molecule has 0 aromatic heterocycles. The highest BCUT2D eigenvalue weighted by molar-refractivity contribution is 6.68. The van der Waals surface area contributed by atoms with Gasteiger partial charge in [-0.1, -0.05) is 68.4 Å². The molecule has 0 aliphatic heterocycles. The summed E-state index contributed by atoms with van der Waals surface area (Å²) in [5.41, 5.74) is 1.39. The summed E-state index contributed by atoms with van der Waals surface area (Å²) in [6.07, 6.45) is 5.96. The molecule has 1 nitrogen and oxygen atoms in total. The third kappa shape index (κ3) is 4.51. The van der Waals surface area contributed by atoms with Gasteiger partial charge >= 0.3 is 0 Å². The Kier molecular flexibility index (Phi) is 5.46. The Bertz CT molecular complexity index is 648. The van der Waals surface area contributed by atoms with Crippen molar-refractivity contribution in [3.8, 4) is 18.1 Å². The molecule has 0 aliphatic rings. The fraction of sp³-hybridized carbons (Fsp3) is 0.300. The number of benzene rings is 2.